The minimum atomic E-state index is -0.413. The first kappa shape index (κ1) is 15.2. The van der Waals surface area contributed by atoms with Crippen LogP contribution in [0.3, 0.4) is 0 Å². The number of benzene rings is 1. The van der Waals surface area contributed by atoms with E-state index in [9.17, 15) is 9.18 Å². The number of amides is 1. The summed E-state index contributed by atoms with van der Waals surface area (Å²) in [5.74, 6) is -0.0541. The molecule has 0 atom stereocenters. The average Bonchev–Trinajstić information content (AvgIpc) is 2.36. The Balaban J connectivity index is 2.57. The second-order valence-electron chi connectivity index (χ2n) is 4.33. The van der Waals surface area contributed by atoms with Crippen LogP contribution in [0.2, 0.25) is 0 Å². The summed E-state index contributed by atoms with van der Waals surface area (Å²) in [4.78, 5) is 11.7. The van der Waals surface area contributed by atoms with E-state index in [1.54, 1.807) is 24.3 Å². The molecular formula is C14H19FN2O2. The molecule has 0 aliphatic carbocycles. The maximum absolute atomic E-state index is 13.0. The lowest BCUT2D eigenvalue weighted by Gasteiger charge is -2.09. The van der Waals surface area contributed by atoms with Gasteiger partial charge in [-0.15, -0.1) is 0 Å². The molecule has 3 N–H and O–H groups in total. The zero-order valence-corrected chi connectivity index (χ0v) is 11.2. The lowest BCUT2D eigenvalue weighted by molar-refractivity contribution is 0.0943. The molecule has 0 aliphatic rings. The first-order valence-corrected chi connectivity index (χ1v) is 6.11. The molecule has 0 fully saturated rings. The number of rotatable bonds is 6. The SMILES string of the molecule is CC(C)NC(=O)c1ccc(OC/C(F)=C/CN)cc1. The Labute approximate surface area is 112 Å². The molecule has 5 heteroatoms. The summed E-state index contributed by atoms with van der Waals surface area (Å²) in [5, 5.41) is 2.78. The van der Waals surface area contributed by atoms with Crippen LogP contribution in [0.4, 0.5) is 4.39 Å². The summed E-state index contributed by atoms with van der Waals surface area (Å²) in [7, 11) is 0. The molecule has 0 aliphatic heterocycles. The van der Waals surface area contributed by atoms with Gasteiger partial charge in [-0.2, -0.15) is 0 Å². The highest BCUT2D eigenvalue weighted by Gasteiger charge is 2.06. The largest absolute Gasteiger partial charge is 0.487 e. The fourth-order valence-electron chi connectivity index (χ4n) is 1.39. The van der Waals surface area contributed by atoms with Crippen LogP contribution in [0, 0.1) is 0 Å². The Kier molecular flexibility index (Phi) is 6.02. The molecule has 0 saturated carbocycles. The van der Waals surface area contributed by atoms with E-state index in [1.807, 2.05) is 13.8 Å². The van der Waals surface area contributed by atoms with Gasteiger partial charge in [0.1, 0.15) is 18.2 Å². The molecule has 0 saturated heterocycles. The van der Waals surface area contributed by atoms with Gasteiger partial charge in [-0.25, -0.2) is 4.39 Å². The highest BCUT2D eigenvalue weighted by Crippen LogP contribution is 2.13. The summed E-state index contributed by atoms with van der Waals surface area (Å²) in [6, 6.07) is 6.62. The van der Waals surface area contributed by atoms with Gasteiger partial charge in [0.15, 0.2) is 0 Å². The number of halogens is 1. The van der Waals surface area contributed by atoms with Crippen LogP contribution in [0.15, 0.2) is 36.2 Å². The molecule has 0 heterocycles. The lowest BCUT2D eigenvalue weighted by Crippen LogP contribution is -2.29. The van der Waals surface area contributed by atoms with Crippen molar-refractivity contribution in [2.45, 2.75) is 19.9 Å². The predicted molar refractivity (Wildman–Crippen MR) is 72.8 cm³/mol. The molecule has 104 valence electrons. The fraction of sp³-hybridized carbons (Fsp3) is 0.357. The normalized spacial score (nSPS) is 11.5. The highest BCUT2D eigenvalue weighted by molar-refractivity contribution is 5.94. The lowest BCUT2D eigenvalue weighted by atomic mass is 10.2. The van der Waals surface area contributed by atoms with Crippen LogP contribution in [-0.4, -0.2) is 25.1 Å². The molecule has 0 aromatic heterocycles. The highest BCUT2D eigenvalue weighted by atomic mass is 19.1. The zero-order chi connectivity index (χ0) is 14.3. The summed E-state index contributed by atoms with van der Waals surface area (Å²) < 4.78 is 18.2. The molecule has 0 spiro atoms. The second kappa shape index (κ2) is 7.53. The number of carbonyl (C=O) groups excluding carboxylic acids is 1. The van der Waals surface area contributed by atoms with E-state index in [0.717, 1.165) is 0 Å². The third-order valence-corrected chi connectivity index (χ3v) is 2.25. The Morgan fingerprint density at radius 1 is 1.42 bits per heavy atom. The van der Waals surface area contributed by atoms with Gasteiger partial charge in [-0.05, 0) is 44.2 Å². The summed E-state index contributed by atoms with van der Waals surface area (Å²) in [5.41, 5.74) is 5.72. The van der Waals surface area contributed by atoms with Gasteiger partial charge in [-0.3, -0.25) is 4.79 Å². The predicted octanol–water partition coefficient (Wildman–Crippen LogP) is 2.02. The van der Waals surface area contributed by atoms with Crippen molar-refractivity contribution in [2.75, 3.05) is 13.2 Å². The monoisotopic (exact) mass is 266 g/mol. The fourth-order valence-corrected chi connectivity index (χ4v) is 1.39. The number of nitrogens with one attached hydrogen (secondary N) is 1. The average molecular weight is 266 g/mol. The maximum Gasteiger partial charge on any atom is 0.251 e. The number of carbonyl (C=O) groups is 1. The van der Waals surface area contributed by atoms with Gasteiger partial charge in [0.25, 0.3) is 5.91 Å². The van der Waals surface area contributed by atoms with Gasteiger partial charge < -0.3 is 15.8 Å². The van der Waals surface area contributed by atoms with E-state index in [0.29, 0.717) is 11.3 Å². The third-order valence-electron chi connectivity index (χ3n) is 2.25. The third kappa shape index (κ3) is 5.52. The van der Waals surface area contributed by atoms with Crippen LogP contribution in [0.25, 0.3) is 0 Å². The van der Waals surface area contributed by atoms with Crippen LogP contribution >= 0.6 is 0 Å². The molecule has 1 aromatic carbocycles. The van der Waals surface area contributed by atoms with Crippen molar-refractivity contribution in [1.82, 2.24) is 5.32 Å². The summed E-state index contributed by atoms with van der Waals surface area (Å²) in [6.45, 7) is 3.77. The van der Waals surface area contributed by atoms with Crippen molar-refractivity contribution in [3.05, 3.63) is 41.7 Å². The minimum absolute atomic E-state index is 0.0823. The molecule has 1 rings (SSSR count). The standard InChI is InChI=1S/C14H19FN2O2/c1-10(2)17-14(18)11-3-5-13(6-4-11)19-9-12(15)7-8-16/h3-7,10H,8-9,16H2,1-2H3,(H,17,18)/b12-7-. The molecule has 0 radical (unpaired) electrons. The van der Waals surface area contributed by atoms with E-state index in [1.165, 1.54) is 6.08 Å². The molecular weight excluding hydrogens is 247 g/mol. The first-order chi connectivity index (χ1) is 9.02. The Morgan fingerprint density at radius 2 is 2.05 bits per heavy atom. The van der Waals surface area contributed by atoms with E-state index in [4.69, 9.17) is 10.5 Å². The Hall–Kier alpha value is -1.88. The number of hydrogen-bond donors (Lipinski definition) is 2. The van der Waals surface area contributed by atoms with Crippen molar-refractivity contribution in [2.24, 2.45) is 5.73 Å². The van der Waals surface area contributed by atoms with Crippen LogP contribution < -0.4 is 15.8 Å². The second-order valence-corrected chi connectivity index (χ2v) is 4.33. The van der Waals surface area contributed by atoms with Crippen molar-refractivity contribution >= 4 is 5.91 Å². The van der Waals surface area contributed by atoms with Crippen molar-refractivity contribution in [3.63, 3.8) is 0 Å². The Morgan fingerprint density at radius 3 is 2.58 bits per heavy atom. The number of ether oxygens (including phenoxy) is 1. The zero-order valence-electron chi connectivity index (χ0n) is 11.2. The van der Waals surface area contributed by atoms with Crippen LogP contribution in [0.5, 0.6) is 5.75 Å². The van der Waals surface area contributed by atoms with E-state index >= 15 is 0 Å². The number of hydrogen-bond acceptors (Lipinski definition) is 3. The number of nitrogens with two attached hydrogens (primary N) is 1. The smallest absolute Gasteiger partial charge is 0.251 e. The summed E-state index contributed by atoms with van der Waals surface area (Å²) >= 11 is 0. The molecule has 0 bridgehead atoms. The topological polar surface area (TPSA) is 64.3 Å². The maximum atomic E-state index is 13.0. The van der Waals surface area contributed by atoms with Crippen LogP contribution in [0.1, 0.15) is 24.2 Å². The van der Waals surface area contributed by atoms with Gasteiger partial charge in [0, 0.05) is 18.2 Å². The van der Waals surface area contributed by atoms with Crippen molar-refractivity contribution in [1.29, 1.82) is 0 Å². The van der Waals surface area contributed by atoms with Gasteiger partial charge in [0.05, 0.1) is 0 Å². The first-order valence-electron chi connectivity index (χ1n) is 6.11. The van der Waals surface area contributed by atoms with Gasteiger partial charge in [-0.1, -0.05) is 0 Å². The van der Waals surface area contributed by atoms with Crippen LogP contribution in [-0.2, 0) is 0 Å². The Bertz CT molecular complexity index is 441. The quantitative estimate of drug-likeness (QED) is 0.828. The van der Waals surface area contributed by atoms with Crippen molar-refractivity contribution < 1.29 is 13.9 Å². The molecule has 0 unspecified atom stereocenters. The van der Waals surface area contributed by atoms with Crippen molar-refractivity contribution in [3.8, 4) is 5.75 Å². The molecule has 4 nitrogen and oxygen atoms in total. The molecule has 19 heavy (non-hydrogen) atoms. The minimum Gasteiger partial charge on any atom is -0.487 e. The van der Waals surface area contributed by atoms with E-state index < -0.39 is 5.83 Å². The molecule has 1 amide bonds. The van der Waals surface area contributed by atoms with Gasteiger partial charge >= 0.3 is 0 Å². The van der Waals surface area contributed by atoms with Gasteiger partial charge in [0.2, 0.25) is 0 Å². The van der Waals surface area contributed by atoms with E-state index in [-0.39, 0.29) is 25.1 Å². The molecule has 1 aromatic rings. The van der Waals surface area contributed by atoms with E-state index in [2.05, 4.69) is 5.32 Å². The summed E-state index contributed by atoms with van der Waals surface area (Å²) in [6.07, 6.45) is 1.25.